The molecule has 0 radical (unpaired) electrons. The predicted octanol–water partition coefficient (Wildman–Crippen LogP) is 1.70. The third-order valence-corrected chi connectivity index (χ3v) is 2.97. The number of hydrogen-bond donors (Lipinski definition) is 2. The summed E-state index contributed by atoms with van der Waals surface area (Å²) in [4.78, 5) is 22.3. The van der Waals surface area contributed by atoms with Gasteiger partial charge in [-0.15, -0.1) is 0 Å². The molecular weight excluding hydrogens is 250 g/mol. The SMILES string of the molecule is C=CCOC(=O)N[C@@H](COC1CCCCC1)C(=O)O. The van der Waals surface area contributed by atoms with Crippen LogP contribution in [0.15, 0.2) is 12.7 Å². The second-order valence-electron chi connectivity index (χ2n) is 4.52. The molecule has 1 atom stereocenters. The number of carbonyl (C=O) groups is 2. The van der Waals surface area contributed by atoms with Gasteiger partial charge in [-0.25, -0.2) is 9.59 Å². The average molecular weight is 271 g/mol. The molecule has 0 aromatic heterocycles. The first-order valence-corrected chi connectivity index (χ1v) is 6.52. The van der Waals surface area contributed by atoms with Gasteiger partial charge >= 0.3 is 12.1 Å². The fourth-order valence-electron chi connectivity index (χ4n) is 1.96. The Balaban J connectivity index is 2.32. The molecule has 1 saturated carbocycles. The second kappa shape index (κ2) is 8.53. The molecule has 2 N–H and O–H groups in total. The maximum absolute atomic E-state index is 11.3. The van der Waals surface area contributed by atoms with Gasteiger partial charge < -0.3 is 19.9 Å². The predicted molar refractivity (Wildman–Crippen MR) is 68.9 cm³/mol. The maximum Gasteiger partial charge on any atom is 0.408 e. The Kier molecular flexibility index (Phi) is 6.95. The molecule has 19 heavy (non-hydrogen) atoms. The van der Waals surface area contributed by atoms with Crippen molar-refractivity contribution in [1.29, 1.82) is 0 Å². The summed E-state index contributed by atoms with van der Waals surface area (Å²) in [5, 5.41) is 11.3. The molecule has 0 aromatic rings. The number of aliphatic carboxylic acids is 1. The third kappa shape index (κ3) is 6.24. The molecule has 0 saturated heterocycles. The van der Waals surface area contributed by atoms with Gasteiger partial charge in [-0.3, -0.25) is 0 Å². The fraction of sp³-hybridized carbons (Fsp3) is 0.692. The highest BCUT2D eigenvalue weighted by molar-refractivity contribution is 5.80. The van der Waals surface area contributed by atoms with Gasteiger partial charge in [-0.1, -0.05) is 31.9 Å². The molecule has 6 heteroatoms. The number of hydrogen-bond acceptors (Lipinski definition) is 4. The summed E-state index contributed by atoms with van der Waals surface area (Å²) in [5.74, 6) is -1.13. The molecule has 0 heterocycles. The van der Waals surface area contributed by atoms with Crippen molar-refractivity contribution in [2.45, 2.75) is 44.2 Å². The van der Waals surface area contributed by atoms with E-state index in [4.69, 9.17) is 9.84 Å². The van der Waals surface area contributed by atoms with Gasteiger partial charge in [0.25, 0.3) is 0 Å². The van der Waals surface area contributed by atoms with E-state index in [2.05, 4.69) is 16.6 Å². The highest BCUT2D eigenvalue weighted by Crippen LogP contribution is 2.20. The maximum atomic E-state index is 11.3. The first kappa shape index (κ1) is 15.5. The van der Waals surface area contributed by atoms with Gasteiger partial charge in [0.2, 0.25) is 0 Å². The summed E-state index contributed by atoms with van der Waals surface area (Å²) in [6.45, 7) is 3.40. The van der Waals surface area contributed by atoms with E-state index < -0.39 is 18.1 Å². The molecule has 1 aliphatic carbocycles. The average Bonchev–Trinajstić information content (AvgIpc) is 2.42. The standard InChI is InChI=1S/C13H21NO5/c1-2-8-18-13(17)14-11(12(15)16)9-19-10-6-4-3-5-7-10/h2,10-11H,1,3-9H2,(H,14,17)(H,15,16)/t11-/m0/s1. The molecule has 0 spiro atoms. The first-order chi connectivity index (χ1) is 9.13. The lowest BCUT2D eigenvalue weighted by Crippen LogP contribution is -2.45. The van der Waals surface area contributed by atoms with Crippen LogP contribution in [0.3, 0.4) is 0 Å². The van der Waals surface area contributed by atoms with E-state index in [1.165, 1.54) is 12.5 Å². The molecule has 0 aromatic carbocycles. The Labute approximate surface area is 112 Å². The van der Waals surface area contributed by atoms with Gasteiger partial charge in [0.1, 0.15) is 6.61 Å². The molecule has 0 aliphatic heterocycles. The molecule has 6 nitrogen and oxygen atoms in total. The second-order valence-corrected chi connectivity index (χ2v) is 4.52. The Morgan fingerprint density at radius 1 is 1.37 bits per heavy atom. The number of amides is 1. The summed E-state index contributed by atoms with van der Waals surface area (Å²) in [7, 11) is 0. The molecule has 1 fully saturated rings. The van der Waals surface area contributed by atoms with E-state index >= 15 is 0 Å². The van der Waals surface area contributed by atoms with Crippen molar-refractivity contribution in [3.63, 3.8) is 0 Å². The van der Waals surface area contributed by atoms with Crippen molar-refractivity contribution >= 4 is 12.1 Å². The normalized spacial score (nSPS) is 17.5. The lowest BCUT2D eigenvalue weighted by Gasteiger charge is -2.24. The van der Waals surface area contributed by atoms with E-state index in [0.717, 1.165) is 25.7 Å². The van der Waals surface area contributed by atoms with E-state index in [1.54, 1.807) is 0 Å². The van der Waals surface area contributed by atoms with Gasteiger partial charge in [0.15, 0.2) is 6.04 Å². The quantitative estimate of drug-likeness (QED) is 0.688. The molecule has 0 unspecified atom stereocenters. The Bertz CT molecular complexity index is 312. The monoisotopic (exact) mass is 271 g/mol. The number of carboxylic acids is 1. The number of carbonyl (C=O) groups excluding carboxylic acids is 1. The Morgan fingerprint density at radius 3 is 2.63 bits per heavy atom. The third-order valence-electron chi connectivity index (χ3n) is 2.97. The minimum atomic E-state index is -1.13. The summed E-state index contributed by atoms with van der Waals surface area (Å²) in [6.07, 6.45) is 6.05. The van der Waals surface area contributed by atoms with Gasteiger partial charge in [0.05, 0.1) is 12.7 Å². The Morgan fingerprint density at radius 2 is 2.05 bits per heavy atom. The van der Waals surface area contributed by atoms with Crippen molar-refractivity contribution in [2.75, 3.05) is 13.2 Å². The van der Waals surface area contributed by atoms with Crippen LogP contribution in [-0.2, 0) is 14.3 Å². The smallest absolute Gasteiger partial charge is 0.408 e. The number of rotatable bonds is 7. The number of ether oxygens (including phenoxy) is 2. The van der Waals surface area contributed by atoms with Crippen LogP contribution in [0.5, 0.6) is 0 Å². The van der Waals surface area contributed by atoms with Crippen LogP contribution in [-0.4, -0.2) is 42.5 Å². The van der Waals surface area contributed by atoms with Crippen LogP contribution in [0.25, 0.3) is 0 Å². The van der Waals surface area contributed by atoms with Crippen molar-refractivity contribution in [2.24, 2.45) is 0 Å². The van der Waals surface area contributed by atoms with E-state index in [1.807, 2.05) is 0 Å². The summed E-state index contributed by atoms with van der Waals surface area (Å²) in [5.41, 5.74) is 0. The van der Waals surface area contributed by atoms with Gasteiger partial charge in [0, 0.05) is 0 Å². The van der Waals surface area contributed by atoms with Crippen LogP contribution < -0.4 is 5.32 Å². The Hall–Kier alpha value is -1.56. The minimum absolute atomic E-state index is 0.0385. The lowest BCUT2D eigenvalue weighted by atomic mass is 9.98. The zero-order valence-corrected chi connectivity index (χ0v) is 11.0. The minimum Gasteiger partial charge on any atom is -0.480 e. The summed E-state index contributed by atoms with van der Waals surface area (Å²) in [6, 6.07) is -1.08. The van der Waals surface area contributed by atoms with Crippen LogP contribution in [0.1, 0.15) is 32.1 Å². The largest absolute Gasteiger partial charge is 0.480 e. The van der Waals surface area contributed by atoms with Crippen molar-refractivity contribution in [3.05, 3.63) is 12.7 Å². The summed E-state index contributed by atoms with van der Waals surface area (Å²) >= 11 is 0. The van der Waals surface area contributed by atoms with E-state index in [9.17, 15) is 9.59 Å². The zero-order chi connectivity index (χ0) is 14.1. The number of alkyl carbamates (subject to hydrolysis) is 1. The highest BCUT2D eigenvalue weighted by atomic mass is 16.5. The van der Waals surface area contributed by atoms with Gasteiger partial charge in [-0.2, -0.15) is 0 Å². The summed E-state index contributed by atoms with van der Waals surface area (Å²) < 4.78 is 10.2. The number of nitrogens with one attached hydrogen (secondary N) is 1. The molecular formula is C13H21NO5. The molecule has 1 aliphatic rings. The lowest BCUT2D eigenvalue weighted by molar-refractivity contribution is -0.141. The van der Waals surface area contributed by atoms with Crippen LogP contribution in [0.4, 0.5) is 4.79 Å². The molecule has 108 valence electrons. The number of carboxylic acid groups (broad SMARTS) is 1. The van der Waals surface area contributed by atoms with E-state index in [0.29, 0.717) is 0 Å². The fourth-order valence-corrected chi connectivity index (χ4v) is 1.96. The van der Waals surface area contributed by atoms with Crippen LogP contribution in [0, 0.1) is 0 Å². The molecule has 0 bridgehead atoms. The topological polar surface area (TPSA) is 84.9 Å². The van der Waals surface area contributed by atoms with Crippen LogP contribution in [0.2, 0.25) is 0 Å². The van der Waals surface area contributed by atoms with E-state index in [-0.39, 0.29) is 19.3 Å². The zero-order valence-electron chi connectivity index (χ0n) is 11.0. The molecule has 1 rings (SSSR count). The van der Waals surface area contributed by atoms with Crippen molar-refractivity contribution in [1.82, 2.24) is 5.32 Å². The highest BCUT2D eigenvalue weighted by Gasteiger charge is 2.23. The van der Waals surface area contributed by atoms with Gasteiger partial charge in [-0.05, 0) is 12.8 Å². The molecule has 1 amide bonds. The van der Waals surface area contributed by atoms with Crippen LogP contribution >= 0.6 is 0 Å². The van der Waals surface area contributed by atoms with Crippen molar-refractivity contribution < 1.29 is 24.2 Å². The van der Waals surface area contributed by atoms with Crippen molar-refractivity contribution in [3.8, 4) is 0 Å². The first-order valence-electron chi connectivity index (χ1n) is 6.52.